The van der Waals surface area contributed by atoms with Gasteiger partial charge in [0.15, 0.2) is 0 Å². The van der Waals surface area contributed by atoms with Crippen molar-refractivity contribution >= 4 is 0 Å². The van der Waals surface area contributed by atoms with E-state index in [0.29, 0.717) is 41.5 Å². The minimum atomic E-state index is -0.781. The van der Waals surface area contributed by atoms with Crippen molar-refractivity contribution in [2.45, 2.75) is 57.3 Å². The summed E-state index contributed by atoms with van der Waals surface area (Å²) in [6.45, 7) is 6.25. The first-order valence-corrected chi connectivity index (χ1v) is 17.2. The Morgan fingerprint density at radius 3 is 1.81 bits per heavy atom. The number of hydrogen-bond acceptors (Lipinski definition) is 8. The number of aliphatic hydroxyl groups excluding tert-OH is 2. The van der Waals surface area contributed by atoms with E-state index in [4.69, 9.17) is 0 Å². The van der Waals surface area contributed by atoms with Gasteiger partial charge >= 0.3 is 0 Å². The summed E-state index contributed by atoms with van der Waals surface area (Å²) < 4.78 is 0. The highest BCUT2D eigenvalue weighted by Crippen LogP contribution is 2.51. The van der Waals surface area contributed by atoms with Gasteiger partial charge in [-0.2, -0.15) is 0 Å². The lowest BCUT2D eigenvalue weighted by atomic mass is 9.68. The molecule has 2 aliphatic carbocycles. The highest BCUT2D eigenvalue weighted by Gasteiger charge is 2.37. The molecule has 4 aromatic carbocycles. The molecule has 2 aliphatic rings. The van der Waals surface area contributed by atoms with Crippen LogP contribution in [0.3, 0.4) is 0 Å². The molecule has 0 aromatic heterocycles. The minimum Gasteiger partial charge on any atom is -0.512 e. The number of allylic oxidation sites excluding steroid dienone is 9. The van der Waals surface area contributed by atoms with Crippen LogP contribution in [0.4, 0.5) is 0 Å². The Bertz CT molecular complexity index is 2120. The maximum absolute atomic E-state index is 11.0. The van der Waals surface area contributed by atoms with Crippen LogP contribution in [0.2, 0.25) is 0 Å². The molecule has 0 fully saturated rings. The van der Waals surface area contributed by atoms with E-state index >= 15 is 0 Å². The van der Waals surface area contributed by atoms with Crippen LogP contribution in [-0.4, -0.2) is 40.9 Å². The summed E-state index contributed by atoms with van der Waals surface area (Å²) in [4.78, 5) is 0. The second-order valence-corrected chi connectivity index (χ2v) is 14.5. The van der Waals surface area contributed by atoms with Gasteiger partial charge in [0.2, 0.25) is 0 Å². The Balaban J connectivity index is 1.35. The van der Waals surface area contributed by atoms with Gasteiger partial charge in [0.1, 0.15) is 40.3 Å². The van der Waals surface area contributed by atoms with Crippen LogP contribution in [0, 0.1) is 5.41 Å². The van der Waals surface area contributed by atoms with Crippen molar-refractivity contribution < 1.29 is 40.9 Å². The van der Waals surface area contributed by atoms with Gasteiger partial charge in [0.25, 0.3) is 0 Å². The van der Waals surface area contributed by atoms with E-state index in [0.717, 1.165) is 16.7 Å². The fourth-order valence-corrected chi connectivity index (χ4v) is 7.54. The predicted octanol–water partition coefficient (Wildman–Crippen LogP) is 9.46. The van der Waals surface area contributed by atoms with Gasteiger partial charge in [0.05, 0.1) is 5.76 Å². The summed E-state index contributed by atoms with van der Waals surface area (Å²) in [7, 11) is 0. The fourth-order valence-electron chi connectivity index (χ4n) is 7.54. The van der Waals surface area contributed by atoms with Gasteiger partial charge < -0.3 is 40.9 Å². The number of phenols is 6. The molecule has 0 heterocycles. The second-order valence-electron chi connectivity index (χ2n) is 14.5. The van der Waals surface area contributed by atoms with E-state index in [2.05, 4.69) is 32.1 Å². The molecule has 0 spiro atoms. The Morgan fingerprint density at radius 2 is 1.25 bits per heavy atom. The van der Waals surface area contributed by atoms with Crippen LogP contribution >= 0.6 is 0 Å². The summed E-state index contributed by atoms with van der Waals surface area (Å²) in [6, 6.07) is 21.4. The molecule has 0 aliphatic heterocycles. The average Bonchev–Trinajstić information content (AvgIpc) is 3.29. The van der Waals surface area contributed by atoms with E-state index in [1.165, 1.54) is 42.5 Å². The third kappa shape index (κ3) is 7.10. The molecule has 2 unspecified atom stereocenters. The minimum absolute atomic E-state index is 0.0270. The lowest BCUT2D eigenvalue weighted by molar-refractivity contribution is 0.352. The number of phenolic OH excluding ortho intramolecular Hbond substituents is 6. The van der Waals surface area contributed by atoms with E-state index in [1.807, 2.05) is 43.4 Å². The number of rotatable bonds is 9. The Kier molecular flexibility index (Phi) is 9.60. The largest absolute Gasteiger partial charge is 0.512 e. The summed E-state index contributed by atoms with van der Waals surface area (Å²) in [5.41, 5.74) is 3.93. The first kappa shape index (κ1) is 35.8. The molecule has 2 atom stereocenters. The first-order chi connectivity index (χ1) is 24.7. The standard InChI is InChI=1S/C44H44O8/c1-43(2,28-7-4-6-26(20-28)21-37(33-13-9-29(45)22-38(33)49)34-14-10-30(46)23-39(34)50)27-8-5-18-44(3,19-17-27)42(35-15-11-31(47)24-40(35)51)36-16-12-32(48)25-41(36)52/h4-9,11-13,15-20,22-25,37,42,45-52H,10,14,21H2,1-3H3. The van der Waals surface area contributed by atoms with Crippen molar-refractivity contribution in [3.05, 3.63) is 166 Å². The van der Waals surface area contributed by atoms with Crippen LogP contribution in [-0.2, 0) is 11.8 Å². The third-order valence-corrected chi connectivity index (χ3v) is 10.5. The van der Waals surface area contributed by atoms with Gasteiger partial charge in [-0.1, -0.05) is 93.6 Å². The molecule has 268 valence electrons. The zero-order valence-corrected chi connectivity index (χ0v) is 29.3. The monoisotopic (exact) mass is 700 g/mol. The molecule has 6 rings (SSSR count). The zero-order valence-electron chi connectivity index (χ0n) is 29.3. The highest BCUT2D eigenvalue weighted by molar-refractivity contribution is 5.55. The molecule has 0 amide bonds. The highest BCUT2D eigenvalue weighted by atomic mass is 16.3. The van der Waals surface area contributed by atoms with Crippen molar-refractivity contribution in [1.82, 2.24) is 0 Å². The van der Waals surface area contributed by atoms with Crippen molar-refractivity contribution in [1.29, 1.82) is 0 Å². The van der Waals surface area contributed by atoms with Gasteiger partial charge in [-0.25, -0.2) is 0 Å². The maximum atomic E-state index is 11.0. The fraction of sp³-hybridized carbons (Fsp3) is 0.227. The topological polar surface area (TPSA) is 162 Å². The zero-order chi connectivity index (χ0) is 37.4. The van der Waals surface area contributed by atoms with E-state index in [-0.39, 0.29) is 46.0 Å². The van der Waals surface area contributed by atoms with E-state index < -0.39 is 22.7 Å². The quantitative estimate of drug-likeness (QED) is 0.0856. The summed E-state index contributed by atoms with van der Waals surface area (Å²) in [5.74, 6) is -1.53. The van der Waals surface area contributed by atoms with Gasteiger partial charge in [-0.3, -0.25) is 0 Å². The molecule has 4 aromatic rings. The van der Waals surface area contributed by atoms with Gasteiger partial charge in [-0.05, 0) is 53.3 Å². The second kappa shape index (κ2) is 13.9. The summed E-state index contributed by atoms with van der Waals surface area (Å²) in [6.07, 6.45) is 12.7. The number of aromatic hydroxyl groups is 6. The predicted molar refractivity (Wildman–Crippen MR) is 201 cm³/mol. The Morgan fingerprint density at radius 1 is 0.673 bits per heavy atom. The molecule has 0 radical (unpaired) electrons. The van der Waals surface area contributed by atoms with Crippen LogP contribution in [0.25, 0.3) is 0 Å². The smallest absolute Gasteiger partial charge is 0.123 e. The van der Waals surface area contributed by atoms with Gasteiger partial charge in [-0.15, -0.1) is 0 Å². The van der Waals surface area contributed by atoms with Crippen LogP contribution in [0.1, 0.15) is 73.3 Å². The summed E-state index contributed by atoms with van der Waals surface area (Å²) in [5, 5.41) is 83.9. The molecule has 0 saturated carbocycles. The SMILES string of the molecule is CC(C)(C1=CC=CC(C)(C(c2ccc(O)cc2O)c2ccc(O)cc2O)C=C1)c1cccc(CC(C2=C(O)C=C(O)CC2)c2ccc(O)cc2O)c1. The lowest BCUT2D eigenvalue weighted by Gasteiger charge is -2.34. The van der Waals surface area contributed by atoms with Crippen LogP contribution < -0.4 is 0 Å². The van der Waals surface area contributed by atoms with Crippen molar-refractivity contribution in [2.75, 3.05) is 0 Å². The number of benzene rings is 4. The first-order valence-electron chi connectivity index (χ1n) is 17.2. The van der Waals surface area contributed by atoms with Gasteiger partial charge in [0, 0.05) is 70.1 Å². The number of hydrogen-bond donors (Lipinski definition) is 8. The third-order valence-electron chi connectivity index (χ3n) is 10.5. The molecular weight excluding hydrogens is 656 g/mol. The van der Waals surface area contributed by atoms with E-state index in [9.17, 15) is 40.9 Å². The van der Waals surface area contributed by atoms with Crippen molar-refractivity contribution in [3.8, 4) is 34.5 Å². The average molecular weight is 701 g/mol. The normalized spacial score (nSPS) is 18.2. The van der Waals surface area contributed by atoms with Crippen molar-refractivity contribution in [2.24, 2.45) is 5.41 Å². The van der Waals surface area contributed by atoms with Crippen LogP contribution in [0.15, 0.2) is 138 Å². The Labute approximate surface area is 303 Å². The molecule has 0 saturated heterocycles. The van der Waals surface area contributed by atoms with E-state index in [1.54, 1.807) is 18.2 Å². The molecule has 8 heteroatoms. The summed E-state index contributed by atoms with van der Waals surface area (Å²) >= 11 is 0. The van der Waals surface area contributed by atoms with Crippen LogP contribution in [0.5, 0.6) is 34.5 Å². The number of aliphatic hydroxyl groups is 2. The molecule has 52 heavy (non-hydrogen) atoms. The molecule has 8 N–H and O–H groups in total. The molecule has 0 bridgehead atoms. The van der Waals surface area contributed by atoms with Crippen molar-refractivity contribution in [3.63, 3.8) is 0 Å². The maximum Gasteiger partial charge on any atom is 0.123 e. The molecular formula is C44H44O8. The molecule has 8 nitrogen and oxygen atoms in total. The Hall–Kier alpha value is -6.02. The lowest BCUT2D eigenvalue weighted by Crippen LogP contribution is -2.23.